The molecule has 0 spiro atoms. The van der Waals surface area contributed by atoms with Crippen molar-refractivity contribution in [3.63, 3.8) is 0 Å². The van der Waals surface area contributed by atoms with E-state index < -0.39 is 21.8 Å². The zero-order valence-electron chi connectivity index (χ0n) is 23.9. The third kappa shape index (κ3) is 6.07. The van der Waals surface area contributed by atoms with Gasteiger partial charge in [-0.05, 0) is 49.3 Å². The first-order valence-electron chi connectivity index (χ1n) is 13.8. The lowest BCUT2D eigenvalue weighted by Crippen LogP contribution is -2.43. The quantitative estimate of drug-likeness (QED) is 0.207. The third-order valence-corrected chi connectivity index (χ3v) is 9.27. The molecule has 43 heavy (non-hydrogen) atoms. The lowest BCUT2D eigenvalue weighted by molar-refractivity contribution is -0.140. The number of methoxy groups -OCH3 is 1. The summed E-state index contributed by atoms with van der Waals surface area (Å²) in [5.41, 5.74) is 2.84. The lowest BCUT2D eigenvalue weighted by atomic mass is 9.93. The normalized spacial score (nSPS) is 17.5. The van der Waals surface area contributed by atoms with Crippen LogP contribution in [-0.4, -0.2) is 85.8 Å². The van der Waals surface area contributed by atoms with E-state index in [9.17, 15) is 23.3 Å². The van der Waals surface area contributed by atoms with Crippen LogP contribution in [0.4, 0.5) is 0 Å². The maximum atomic E-state index is 13.6. The Hall–Kier alpha value is -4.41. The number of imide groups is 1. The number of para-hydroxylation sites is 1. The first-order chi connectivity index (χ1) is 20.8. The smallest absolute Gasteiger partial charge is 0.271 e. The molecule has 0 saturated carbocycles. The molecule has 0 unspecified atom stereocenters. The van der Waals surface area contributed by atoms with E-state index >= 15 is 0 Å². The molecule has 0 bridgehead atoms. The number of amides is 2. The van der Waals surface area contributed by atoms with E-state index in [0.717, 1.165) is 10.6 Å². The van der Waals surface area contributed by atoms with Crippen LogP contribution in [-0.2, 0) is 29.1 Å². The molecule has 3 aromatic rings. The highest BCUT2D eigenvalue weighted by Crippen LogP contribution is 2.32. The van der Waals surface area contributed by atoms with Crippen molar-refractivity contribution in [3.8, 4) is 23.0 Å². The van der Waals surface area contributed by atoms with Crippen molar-refractivity contribution in [1.29, 1.82) is 5.26 Å². The first kappa shape index (κ1) is 30.1. The molecule has 2 amide bonds. The van der Waals surface area contributed by atoms with Crippen LogP contribution in [0.3, 0.4) is 0 Å². The van der Waals surface area contributed by atoms with Crippen molar-refractivity contribution in [2.45, 2.75) is 18.2 Å². The molecule has 222 valence electrons. The van der Waals surface area contributed by atoms with Gasteiger partial charge in [-0.1, -0.05) is 30.3 Å². The highest BCUT2D eigenvalue weighted by Gasteiger charge is 2.35. The number of sulfonamides is 1. The zero-order chi connectivity index (χ0) is 30.6. The number of ether oxygens (including phenoxy) is 2. The van der Waals surface area contributed by atoms with Gasteiger partial charge < -0.3 is 9.47 Å². The van der Waals surface area contributed by atoms with Crippen LogP contribution < -0.4 is 0 Å². The van der Waals surface area contributed by atoms with Gasteiger partial charge in [0.2, 0.25) is 10.0 Å². The van der Waals surface area contributed by atoms with Crippen LogP contribution in [0, 0.1) is 11.3 Å². The average molecular weight is 602 g/mol. The van der Waals surface area contributed by atoms with Crippen molar-refractivity contribution in [2.24, 2.45) is 0 Å². The number of carbonyl (C=O) groups excluding carboxylic acids is 2. The maximum Gasteiger partial charge on any atom is 0.271 e. The number of aromatic nitrogens is 2. The Morgan fingerprint density at radius 1 is 1.05 bits per heavy atom. The molecule has 12 heteroatoms. The zero-order valence-corrected chi connectivity index (χ0v) is 24.7. The first-order valence-corrected chi connectivity index (χ1v) is 15.2. The van der Waals surface area contributed by atoms with E-state index in [0.29, 0.717) is 56.2 Å². The van der Waals surface area contributed by atoms with E-state index in [-0.39, 0.29) is 28.2 Å². The summed E-state index contributed by atoms with van der Waals surface area (Å²) >= 11 is 0. The van der Waals surface area contributed by atoms with Gasteiger partial charge >= 0.3 is 0 Å². The van der Waals surface area contributed by atoms with E-state index in [1.165, 1.54) is 11.4 Å². The number of rotatable bonds is 9. The summed E-state index contributed by atoms with van der Waals surface area (Å²) in [5.74, 6) is -1.14. The number of nitriles is 1. The number of carbonyl (C=O) groups is 2. The van der Waals surface area contributed by atoms with Gasteiger partial charge in [0.25, 0.3) is 11.8 Å². The molecule has 3 heterocycles. The van der Waals surface area contributed by atoms with Crippen LogP contribution >= 0.6 is 0 Å². The van der Waals surface area contributed by atoms with E-state index in [2.05, 4.69) is 0 Å². The SMILES string of the molecule is COCCCN1C(=O)C(C#N)=C(C)/C(=C\c2cn(-c3ccccc3)nc2-c2ccc(S(=O)(=O)N3CCOCC3)cc2)C1=O. The van der Waals surface area contributed by atoms with Crippen LogP contribution in [0.15, 0.2) is 82.4 Å². The van der Waals surface area contributed by atoms with Gasteiger partial charge in [-0.15, -0.1) is 0 Å². The van der Waals surface area contributed by atoms with Crippen molar-refractivity contribution in [2.75, 3.05) is 46.6 Å². The molecule has 0 aliphatic carbocycles. The van der Waals surface area contributed by atoms with Gasteiger partial charge in [0.05, 0.1) is 29.5 Å². The fraction of sp³-hybridized carbons (Fsp3) is 0.290. The predicted molar refractivity (Wildman–Crippen MR) is 158 cm³/mol. The second kappa shape index (κ2) is 12.8. The Morgan fingerprint density at radius 2 is 1.74 bits per heavy atom. The minimum absolute atomic E-state index is 0.0991. The summed E-state index contributed by atoms with van der Waals surface area (Å²) in [7, 11) is -2.15. The summed E-state index contributed by atoms with van der Waals surface area (Å²) in [6.07, 6.45) is 3.81. The Morgan fingerprint density at radius 3 is 2.40 bits per heavy atom. The molecule has 0 N–H and O–H groups in total. The Bertz CT molecular complexity index is 1730. The van der Waals surface area contributed by atoms with Crippen molar-refractivity contribution in [1.82, 2.24) is 19.0 Å². The molecule has 1 fully saturated rings. The number of morpholine rings is 1. The molecule has 1 saturated heterocycles. The Balaban J connectivity index is 1.59. The Labute approximate surface area is 250 Å². The van der Waals surface area contributed by atoms with Crippen LogP contribution in [0.2, 0.25) is 0 Å². The van der Waals surface area contributed by atoms with Gasteiger partial charge in [0.1, 0.15) is 11.6 Å². The van der Waals surface area contributed by atoms with Gasteiger partial charge in [0.15, 0.2) is 0 Å². The maximum absolute atomic E-state index is 13.6. The van der Waals surface area contributed by atoms with Crippen molar-refractivity contribution in [3.05, 3.63) is 83.1 Å². The number of benzene rings is 2. The minimum Gasteiger partial charge on any atom is -0.385 e. The largest absolute Gasteiger partial charge is 0.385 e. The second-order valence-electron chi connectivity index (χ2n) is 10.0. The average Bonchev–Trinajstić information content (AvgIpc) is 3.46. The summed E-state index contributed by atoms with van der Waals surface area (Å²) in [6, 6.07) is 17.8. The molecule has 5 rings (SSSR count). The summed E-state index contributed by atoms with van der Waals surface area (Å²) in [5, 5.41) is 14.6. The fourth-order valence-electron chi connectivity index (χ4n) is 5.01. The molecule has 2 aliphatic heterocycles. The minimum atomic E-state index is -3.69. The lowest BCUT2D eigenvalue weighted by Gasteiger charge is -2.27. The molecular formula is C31H31N5O6S. The predicted octanol–water partition coefficient (Wildman–Crippen LogP) is 3.19. The monoisotopic (exact) mass is 601 g/mol. The van der Waals surface area contributed by atoms with E-state index in [4.69, 9.17) is 14.6 Å². The van der Waals surface area contributed by atoms with Gasteiger partial charge in [-0.3, -0.25) is 14.5 Å². The molecule has 11 nitrogen and oxygen atoms in total. The molecule has 2 aliphatic rings. The fourth-order valence-corrected chi connectivity index (χ4v) is 6.41. The molecule has 2 aromatic carbocycles. The van der Waals surface area contributed by atoms with Crippen LogP contribution in [0.25, 0.3) is 23.0 Å². The van der Waals surface area contributed by atoms with Crippen molar-refractivity contribution >= 4 is 27.9 Å². The molecule has 0 radical (unpaired) electrons. The van der Waals surface area contributed by atoms with E-state index in [1.807, 2.05) is 36.4 Å². The summed E-state index contributed by atoms with van der Waals surface area (Å²) < 4.78 is 39.8. The van der Waals surface area contributed by atoms with Gasteiger partial charge in [-0.25, -0.2) is 13.1 Å². The number of nitrogens with zero attached hydrogens (tertiary/aromatic N) is 5. The topological polar surface area (TPSA) is 135 Å². The number of hydrogen-bond acceptors (Lipinski definition) is 8. The molecular weight excluding hydrogens is 570 g/mol. The Kier molecular flexibility index (Phi) is 8.98. The molecule has 0 atom stereocenters. The van der Waals surface area contributed by atoms with Crippen molar-refractivity contribution < 1.29 is 27.5 Å². The summed E-state index contributed by atoms with van der Waals surface area (Å²) in [4.78, 5) is 27.8. The standard InChI is InChI=1S/C31H31N5O6S/c1-22-27(30(37)35(13-6-16-41-2)31(38)28(22)20-32)19-24-21-36(25-7-4-3-5-8-25)33-29(24)23-9-11-26(12-10-23)43(39,40)34-14-17-42-18-15-34/h3-5,7-12,19,21H,6,13-18H2,1-2H3/b27-19+. The summed E-state index contributed by atoms with van der Waals surface area (Å²) in [6.45, 7) is 3.32. The molecule has 1 aromatic heterocycles. The van der Waals surface area contributed by atoms with Crippen LogP contribution in [0.1, 0.15) is 18.9 Å². The highest BCUT2D eigenvalue weighted by molar-refractivity contribution is 7.89. The van der Waals surface area contributed by atoms with Gasteiger partial charge in [-0.2, -0.15) is 14.7 Å². The van der Waals surface area contributed by atoms with Gasteiger partial charge in [0, 0.05) is 56.2 Å². The van der Waals surface area contributed by atoms with Crippen LogP contribution in [0.5, 0.6) is 0 Å². The third-order valence-electron chi connectivity index (χ3n) is 7.35. The highest BCUT2D eigenvalue weighted by atomic mass is 32.2. The number of hydrogen-bond donors (Lipinski definition) is 0. The second-order valence-corrected chi connectivity index (χ2v) is 12.0. The van der Waals surface area contributed by atoms with E-state index in [1.54, 1.807) is 48.1 Å².